The van der Waals surface area contributed by atoms with Crippen molar-refractivity contribution in [3.8, 4) is 0 Å². The van der Waals surface area contributed by atoms with E-state index in [4.69, 9.17) is 27.1 Å². The molecule has 0 radical (unpaired) electrons. The molecular formula is C11H24O8P2. The molecule has 0 aliphatic heterocycles. The van der Waals surface area contributed by atoms with Crippen LogP contribution in [0.1, 0.15) is 34.6 Å². The number of phosphoric ester groups is 2. The average Bonchev–Trinajstić information content (AvgIpc) is 2.37. The first-order chi connectivity index (χ1) is 9.84. The van der Waals surface area contributed by atoms with Crippen LogP contribution in [0.25, 0.3) is 0 Å². The summed E-state index contributed by atoms with van der Waals surface area (Å²) in [6.07, 6.45) is 0.997. The molecule has 0 aliphatic rings. The van der Waals surface area contributed by atoms with Crippen molar-refractivity contribution in [2.45, 2.75) is 34.6 Å². The maximum Gasteiger partial charge on any atom is 0.529 e. The maximum atomic E-state index is 12.1. The van der Waals surface area contributed by atoms with Gasteiger partial charge in [-0.3, -0.25) is 18.1 Å². The number of hydrogen-bond acceptors (Lipinski definition) is 8. The molecule has 0 spiro atoms. The fourth-order valence-electron chi connectivity index (χ4n) is 1.16. The zero-order valence-corrected chi connectivity index (χ0v) is 14.9. The fraction of sp³-hybridized carbons (Fsp3) is 0.818. The third kappa shape index (κ3) is 8.61. The molecule has 0 saturated heterocycles. The zero-order chi connectivity index (χ0) is 16.4. The van der Waals surface area contributed by atoms with Gasteiger partial charge < -0.3 is 9.05 Å². The second-order valence-electron chi connectivity index (χ2n) is 3.49. The Bertz CT molecular complexity index is 389. The van der Waals surface area contributed by atoms with E-state index in [0.29, 0.717) is 0 Å². The number of rotatable bonds is 12. The lowest BCUT2D eigenvalue weighted by Gasteiger charge is -2.18. The highest BCUT2D eigenvalue weighted by atomic mass is 31.2. The number of phosphoric acid groups is 2. The predicted octanol–water partition coefficient (Wildman–Crippen LogP) is 4.24. The molecule has 0 fully saturated rings. The molecule has 0 saturated carbocycles. The quantitative estimate of drug-likeness (QED) is 0.383. The van der Waals surface area contributed by atoms with Crippen LogP contribution in [-0.4, -0.2) is 26.4 Å². The van der Waals surface area contributed by atoms with Gasteiger partial charge in [0.1, 0.15) is 12.0 Å². The van der Waals surface area contributed by atoms with Crippen molar-refractivity contribution < 1.29 is 36.3 Å². The number of allylic oxidation sites excluding steroid dienone is 1. The highest BCUT2D eigenvalue weighted by molar-refractivity contribution is 7.49. The molecule has 0 aliphatic carbocycles. The summed E-state index contributed by atoms with van der Waals surface area (Å²) < 4.78 is 53.9. The van der Waals surface area contributed by atoms with Gasteiger partial charge in [0, 0.05) is 0 Å². The molecule has 0 heterocycles. The first-order valence-electron chi connectivity index (χ1n) is 6.67. The molecule has 0 rings (SSSR count). The minimum absolute atomic E-state index is 0.0554. The molecule has 0 unspecified atom stereocenters. The van der Waals surface area contributed by atoms with E-state index in [-0.39, 0.29) is 32.2 Å². The summed E-state index contributed by atoms with van der Waals surface area (Å²) in [7, 11) is -7.41. The van der Waals surface area contributed by atoms with Crippen LogP contribution in [-0.2, 0) is 36.3 Å². The van der Waals surface area contributed by atoms with E-state index in [0.717, 1.165) is 6.26 Å². The van der Waals surface area contributed by atoms with Gasteiger partial charge in [0.05, 0.1) is 26.4 Å². The first kappa shape index (κ1) is 20.6. The summed E-state index contributed by atoms with van der Waals surface area (Å²) in [4.78, 5) is 0. The number of hydrogen-bond donors (Lipinski definition) is 0. The van der Waals surface area contributed by atoms with Crippen LogP contribution >= 0.6 is 15.6 Å². The van der Waals surface area contributed by atoms with E-state index in [2.05, 4.69) is 0 Å². The second-order valence-corrected chi connectivity index (χ2v) is 6.71. The molecule has 21 heavy (non-hydrogen) atoms. The molecule has 126 valence electrons. The Balaban J connectivity index is 4.78. The largest absolute Gasteiger partial charge is 0.529 e. The normalized spacial score (nSPS) is 13.3. The summed E-state index contributed by atoms with van der Waals surface area (Å²) in [6, 6.07) is 0. The topological polar surface area (TPSA) is 89.5 Å². The molecular weight excluding hydrogens is 322 g/mol. The zero-order valence-electron chi connectivity index (χ0n) is 13.1. The molecule has 0 aromatic rings. The lowest BCUT2D eigenvalue weighted by atomic mass is 10.7. The second kappa shape index (κ2) is 10.4. The lowest BCUT2D eigenvalue weighted by molar-refractivity contribution is 0.134. The summed E-state index contributed by atoms with van der Waals surface area (Å²) in [5, 5.41) is 0. The molecule has 0 aromatic heterocycles. The van der Waals surface area contributed by atoms with Gasteiger partial charge in [-0.25, -0.2) is 9.13 Å². The van der Waals surface area contributed by atoms with Crippen molar-refractivity contribution in [2.24, 2.45) is 0 Å². The van der Waals surface area contributed by atoms with E-state index in [9.17, 15) is 9.13 Å². The third-order valence-electron chi connectivity index (χ3n) is 1.75. The molecule has 0 aromatic carbocycles. The van der Waals surface area contributed by atoms with Gasteiger partial charge in [0.15, 0.2) is 0 Å². The average molecular weight is 346 g/mol. The Morgan fingerprint density at radius 2 is 1.19 bits per heavy atom. The maximum absolute atomic E-state index is 12.1. The van der Waals surface area contributed by atoms with Crippen molar-refractivity contribution in [1.82, 2.24) is 0 Å². The lowest BCUT2D eigenvalue weighted by Crippen LogP contribution is -2.00. The van der Waals surface area contributed by atoms with Gasteiger partial charge in [-0.1, -0.05) is 0 Å². The smallest absolute Gasteiger partial charge is 0.408 e. The summed E-state index contributed by atoms with van der Waals surface area (Å²) in [5.41, 5.74) is 0. The molecule has 0 N–H and O–H groups in total. The molecule has 0 atom stereocenters. The Labute approximate surface area is 125 Å². The van der Waals surface area contributed by atoms with Crippen LogP contribution in [0.2, 0.25) is 0 Å². The van der Waals surface area contributed by atoms with Crippen molar-refractivity contribution >= 4 is 15.6 Å². The van der Waals surface area contributed by atoms with Crippen molar-refractivity contribution in [3.05, 3.63) is 12.0 Å². The van der Waals surface area contributed by atoms with Crippen LogP contribution in [0.4, 0.5) is 0 Å². The van der Waals surface area contributed by atoms with Crippen molar-refractivity contribution in [3.63, 3.8) is 0 Å². The highest BCUT2D eigenvalue weighted by Gasteiger charge is 2.29. The minimum Gasteiger partial charge on any atom is -0.408 e. The molecule has 10 heteroatoms. The monoisotopic (exact) mass is 346 g/mol. The summed E-state index contributed by atoms with van der Waals surface area (Å²) in [5.74, 6) is 0.0554. The summed E-state index contributed by atoms with van der Waals surface area (Å²) >= 11 is 0. The van der Waals surface area contributed by atoms with E-state index >= 15 is 0 Å². The predicted molar refractivity (Wildman–Crippen MR) is 77.6 cm³/mol. The molecule has 0 amide bonds. The summed E-state index contributed by atoms with van der Waals surface area (Å²) in [6.45, 7) is 8.69. The van der Waals surface area contributed by atoms with Gasteiger partial charge in [-0.05, 0) is 34.6 Å². The highest BCUT2D eigenvalue weighted by Crippen LogP contribution is 2.53. The Morgan fingerprint density at radius 3 is 1.57 bits per heavy atom. The Kier molecular flexibility index (Phi) is 10.2. The van der Waals surface area contributed by atoms with E-state index < -0.39 is 15.6 Å². The van der Waals surface area contributed by atoms with Crippen LogP contribution in [0, 0.1) is 0 Å². The van der Waals surface area contributed by atoms with Crippen LogP contribution < -0.4 is 0 Å². The SMILES string of the molecule is CCOP(=O)(O/C=C(/C)OP(=O)(OCC)OCC)OCC. The van der Waals surface area contributed by atoms with E-state index in [1.54, 1.807) is 27.7 Å². The third-order valence-corrected chi connectivity index (χ3v) is 4.93. The van der Waals surface area contributed by atoms with E-state index in [1.807, 2.05) is 0 Å². The Hall–Kier alpha value is -0.360. The minimum atomic E-state index is -3.71. The van der Waals surface area contributed by atoms with Crippen LogP contribution in [0.3, 0.4) is 0 Å². The molecule has 0 bridgehead atoms. The van der Waals surface area contributed by atoms with Gasteiger partial charge in [-0.15, -0.1) is 0 Å². The fourth-order valence-corrected chi connectivity index (χ4v) is 3.47. The van der Waals surface area contributed by atoms with Crippen LogP contribution in [0.15, 0.2) is 12.0 Å². The van der Waals surface area contributed by atoms with Gasteiger partial charge in [0.2, 0.25) is 0 Å². The van der Waals surface area contributed by atoms with Gasteiger partial charge >= 0.3 is 15.6 Å². The molecule has 8 nitrogen and oxygen atoms in total. The van der Waals surface area contributed by atoms with Crippen molar-refractivity contribution in [1.29, 1.82) is 0 Å². The van der Waals surface area contributed by atoms with Gasteiger partial charge in [0.25, 0.3) is 0 Å². The Morgan fingerprint density at radius 1 is 0.810 bits per heavy atom. The first-order valence-corrected chi connectivity index (χ1v) is 9.59. The van der Waals surface area contributed by atoms with E-state index in [1.165, 1.54) is 6.92 Å². The van der Waals surface area contributed by atoms with Crippen LogP contribution in [0.5, 0.6) is 0 Å². The van der Waals surface area contributed by atoms with Crippen molar-refractivity contribution in [2.75, 3.05) is 26.4 Å². The standard InChI is InChI=1S/C11H24O8P2/c1-6-14-20(12,15-7-2)18-10-11(5)19-21(13,16-8-3)17-9-4/h10H,6-9H2,1-5H3/b11-10-. The van der Waals surface area contributed by atoms with Gasteiger partial charge in [-0.2, -0.15) is 0 Å².